The van der Waals surface area contributed by atoms with E-state index >= 15 is 0 Å². The summed E-state index contributed by atoms with van der Waals surface area (Å²) in [6.07, 6.45) is 0. The van der Waals surface area contributed by atoms with Crippen LogP contribution in [0.1, 0.15) is 17.8 Å². The van der Waals surface area contributed by atoms with Crippen molar-refractivity contribution >= 4 is 17.1 Å². The molecule has 1 rings (SSSR count). The van der Waals surface area contributed by atoms with Crippen LogP contribution in [0.15, 0.2) is 6.58 Å². The zero-order valence-corrected chi connectivity index (χ0v) is 6.33. The maximum atomic E-state index is 4.12. The van der Waals surface area contributed by atoms with Crippen molar-refractivity contribution in [3.8, 4) is 0 Å². The van der Waals surface area contributed by atoms with Gasteiger partial charge in [-0.25, -0.2) is 4.98 Å². The first-order valence-corrected chi connectivity index (χ1v) is 3.43. The van der Waals surface area contributed by atoms with Crippen molar-refractivity contribution < 1.29 is 0 Å². The fraction of sp³-hybridized carbons (Fsp3) is 0.333. The van der Waals surface area contributed by atoms with Crippen LogP contribution in [-0.4, -0.2) is 9.36 Å². The van der Waals surface area contributed by atoms with Gasteiger partial charge < -0.3 is 0 Å². The predicted molar refractivity (Wildman–Crippen MR) is 39.4 cm³/mol. The molecule has 1 heterocycles. The number of hydrogen-bond donors (Lipinski definition) is 0. The Labute approximate surface area is 58.4 Å². The molecule has 0 aromatic carbocycles. The van der Waals surface area contributed by atoms with Crippen molar-refractivity contribution in [2.45, 2.75) is 13.8 Å². The average Bonchev–Trinajstić information content (AvgIpc) is 2.14. The van der Waals surface area contributed by atoms with Crippen molar-refractivity contribution in [3.63, 3.8) is 0 Å². The molecule has 0 N–H and O–H groups in total. The van der Waals surface area contributed by atoms with Crippen LogP contribution in [0.4, 0.5) is 0 Å². The molecule has 0 amide bonds. The first kappa shape index (κ1) is 6.42. The first-order valence-electron chi connectivity index (χ1n) is 2.66. The Balaban J connectivity index is 2.98. The molecule has 0 aliphatic heterocycles. The molecule has 0 unspecified atom stereocenters. The molecule has 9 heavy (non-hydrogen) atoms. The zero-order chi connectivity index (χ0) is 6.85. The van der Waals surface area contributed by atoms with Gasteiger partial charge in [-0.3, -0.25) is 0 Å². The van der Waals surface area contributed by atoms with Crippen molar-refractivity contribution in [1.82, 2.24) is 9.36 Å². The van der Waals surface area contributed by atoms with Crippen LogP contribution < -0.4 is 0 Å². The van der Waals surface area contributed by atoms with E-state index < -0.39 is 0 Å². The summed E-state index contributed by atoms with van der Waals surface area (Å²) in [5.74, 6) is 0.831. The minimum absolute atomic E-state index is 0.831. The summed E-state index contributed by atoms with van der Waals surface area (Å²) in [5.41, 5.74) is 0.987. The SMILES string of the molecule is C=C(C)c1nc(C)ns1. The first-order chi connectivity index (χ1) is 4.20. The molecule has 0 saturated heterocycles. The van der Waals surface area contributed by atoms with Gasteiger partial charge in [-0.15, -0.1) is 0 Å². The monoisotopic (exact) mass is 140 g/mol. The van der Waals surface area contributed by atoms with Crippen molar-refractivity contribution in [2.24, 2.45) is 0 Å². The largest absolute Gasteiger partial charge is 0.220 e. The lowest BCUT2D eigenvalue weighted by molar-refractivity contribution is 1.15. The zero-order valence-electron chi connectivity index (χ0n) is 5.51. The number of allylic oxidation sites excluding steroid dienone is 1. The molecule has 2 nitrogen and oxygen atoms in total. The Hall–Kier alpha value is -0.700. The third kappa shape index (κ3) is 1.36. The van der Waals surface area contributed by atoms with Crippen LogP contribution >= 0.6 is 11.5 Å². The van der Waals surface area contributed by atoms with Crippen molar-refractivity contribution in [2.75, 3.05) is 0 Å². The van der Waals surface area contributed by atoms with Gasteiger partial charge in [0.2, 0.25) is 0 Å². The van der Waals surface area contributed by atoms with E-state index in [1.165, 1.54) is 11.5 Å². The van der Waals surface area contributed by atoms with Gasteiger partial charge >= 0.3 is 0 Å². The van der Waals surface area contributed by atoms with Crippen molar-refractivity contribution in [1.29, 1.82) is 0 Å². The highest BCUT2D eigenvalue weighted by molar-refractivity contribution is 7.06. The molecule has 0 aliphatic carbocycles. The van der Waals surface area contributed by atoms with Gasteiger partial charge in [-0.05, 0) is 31.0 Å². The minimum atomic E-state index is 0.831. The third-order valence-corrected chi connectivity index (χ3v) is 1.86. The molecule has 48 valence electrons. The second-order valence-electron chi connectivity index (χ2n) is 1.93. The van der Waals surface area contributed by atoms with E-state index in [1.807, 2.05) is 13.8 Å². The van der Waals surface area contributed by atoms with Gasteiger partial charge in [0.05, 0.1) is 0 Å². The van der Waals surface area contributed by atoms with Crippen LogP contribution in [0, 0.1) is 6.92 Å². The lowest BCUT2D eigenvalue weighted by atomic mass is 10.4. The van der Waals surface area contributed by atoms with Crippen LogP contribution in [0.25, 0.3) is 5.57 Å². The molecular weight excluding hydrogens is 132 g/mol. The lowest BCUT2D eigenvalue weighted by Gasteiger charge is -1.84. The molecule has 0 fully saturated rings. The summed E-state index contributed by atoms with van der Waals surface area (Å²) in [4.78, 5) is 4.12. The van der Waals surface area contributed by atoms with Crippen LogP contribution in [0.3, 0.4) is 0 Å². The predicted octanol–water partition coefficient (Wildman–Crippen LogP) is 1.88. The van der Waals surface area contributed by atoms with Gasteiger partial charge in [0.15, 0.2) is 0 Å². The molecular formula is C6H8N2S. The Kier molecular flexibility index (Phi) is 1.62. The summed E-state index contributed by atoms with van der Waals surface area (Å²) in [5, 5.41) is 0.938. The Morgan fingerprint density at radius 1 is 1.67 bits per heavy atom. The maximum absolute atomic E-state index is 4.12. The van der Waals surface area contributed by atoms with Gasteiger partial charge in [-0.1, -0.05) is 6.58 Å². The van der Waals surface area contributed by atoms with E-state index in [0.717, 1.165) is 16.4 Å². The molecule has 0 radical (unpaired) electrons. The Morgan fingerprint density at radius 3 is 2.56 bits per heavy atom. The smallest absolute Gasteiger partial charge is 0.139 e. The summed E-state index contributed by atoms with van der Waals surface area (Å²) >= 11 is 1.40. The standard InChI is InChI=1S/C6H8N2S/c1-4(2)6-7-5(3)8-9-6/h1H2,2-3H3. The highest BCUT2D eigenvalue weighted by Crippen LogP contribution is 2.12. The summed E-state index contributed by atoms with van der Waals surface area (Å²) < 4.78 is 4.01. The molecule has 0 saturated carbocycles. The second-order valence-corrected chi connectivity index (χ2v) is 2.68. The molecule has 1 aromatic rings. The van der Waals surface area contributed by atoms with Gasteiger partial charge in [0.1, 0.15) is 10.8 Å². The Morgan fingerprint density at radius 2 is 2.33 bits per heavy atom. The van der Waals surface area contributed by atoms with Crippen LogP contribution in [-0.2, 0) is 0 Å². The highest BCUT2D eigenvalue weighted by Gasteiger charge is 1.97. The van der Waals surface area contributed by atoms with E-state index in [-0.39, 0.29) is 0 Å². The van der Waals surface area contributed by atoms with Crippen LogP contribution in [0.2, 0.25) is 0 Å². The maximum Gasteiger partial charge on any atom is 0.139 e. The van der Waals surface area contributed by atoms with Gasteiger partial charge in [0.25, 0.3) is 0 Å². The normalized spacial score (nSPS) is 9.56. The minimum Gasteiger partial charge on any atom is -0.220 e. The third-order valence-electron chi connectivity index (χ3n) is 0.893. The summed E-state index contributed by atoms with van der Waals surface area (Å²) in [7, 11) is 0. The van der Waals surface area contributed by atoms with Gasteiger partial charge in [-0.2, -0.15) is 4.37 Å². The van der Waals surface area contributed by atoms with E-state index in [0.29, 0.717) is 0 Å². The highest BCUT2D eigenvalue weighted by atomic mass is 32.1. The molecule has 0 bridgehead atoms. The number of rotatable bonds is 1. The second kappa shape index (κ2) is 2.27. The molecule has 1 aromatic heterocycles. The fourth-order valence-corrected chi connectivity index (χ4v) is 1.06. The molecule has 0 spiro atoms. The quantitative estimate of drug-likeness (QED) is 0.595. The van der Waals surface area contributed by atoms with E-state index in [2.05, 4.69) is 15.9 Å². The molecule has 0 atom stereocenters. The average molecular weight is 140 g/mol. The summed E-state index contributed by atoms with van der Waals surface area (Å²) in [6, 6.07) is 0. The lowest BCUT2D eigenvalue weighted by Crippen LogP contribution is -1.75. The molecule has 3 heteroatoms. The number of aromatic nitrogens is 2. The summed E-state index contributed by atoms with van der Waals surface area (Å²) in [6.45, 7) is 7.56. The number of nitrogens with zero attached hydrogens (tertiary/aromatic N) is 2. The fourth-order valence-electron chi connectivity index (χ4n) is 0.470. The van der Waals surface area contributed by atoms with E-state index in [1.54, 1.807) is 0 Å². The van der Waals surface area contributed by atoms with Gasteiger partial charge in [0, 0.05) is 0 Å². The van der Waals surface area contributed by atoms with E-state index in [9.17, 15) is 0 Å². The topological polar surface area (TPSA) is 25.8 Å². The van der Waals surface area contributed by atoms with Crippen LogP contribution in [0.5, 0.6) is 0 Å². The van der Waals surface area contributed by atoms with E-state index in [4.69, 9.17) is 0 Å². The Bertz CT molecular complexity index is 227. The van der Waals surface area contributed by atoms with Crippen molar-refractivity contribution in [3.05, 3.63) is 17.4 Å². The number of hydrogen-bond acceptors (Lipinski definition) is 3. The molecule has 0 aliphatic rings. The number of aryl methyl sites for hydroxylation is 1.